The van der Waals surface area contributed by atoms with Gasteiger partial charge in [-0.25, -0.2) is 4.98 Å². The molecule has 2 aromatic heterocycles. The van der Waals surface area contributed by atoms with Gasteiger partial charge in [-0.15, -0.1) is 10.2 Å². The minimum atomic E-state index is -4.49. The Balaban J connectivity index is 1.62. The van der Waals surface area contributed by atoms with Gasteiger partial charge in [0.05, 0.1) is 6.04 Å². The summed E-state index contributed by atoms with van der Waals surface area (Å²) < 4.78 is 40.9. The molecule has 2 N–H and O–H groups in total. The standard InChI is InChI=1S/C19H20F3N5O3/c1-10-7-13(8-15(23-10)25-17(28)12-3-4-12)11(2)24-18(29)14-5-6-16(27-26-14)30-9-19(20,21)22/h5-8,11-12H,3-4,9H2,1-2H3,(H,24,29)(H,23,25,28). The molecule has 1 saturated carbocycles. The summed E-state index contributed by atoms with van der Waals surface area (Å²) in [6.07, 6.45) is -2.75. The minimum Gasteiger partial charge on any atom is -0.467 e. The van der Waals surface area contributed by atoms with Crippen LogP contribution in [0.3, 0.4) is 0 Å². The summed E-state index contributed by atoms with van der Waals surface area (Å²) in [5.41, 5.74) is 1.32. The number of amides is 2. The van der Waals surface area contributed by atoms with Crippen LogP contribution in [0.5, 0.6) is 5.88 Å². The van der Waals surface area contributed by atoms with Crippen LogP contribution < -0.4 is 15.4 Å². The van der Waals surface area contributed by atoms with E-state index < -0.39 is 24.7 Å². The van der Waals surface area contributed by atoms with Gasteiger partial charge >= 0.3 is 6.18 Å². The van der Waals surface area contributed by atoms with Gasteiger partial charge in [-0.05, 0) is 50.5 Å². The van der Waals surface area contributed by atoms with Crippen molar-refractivity contribution in [2.24, 2.45) is 5.92 Å². The molecule has 2 aromatic rings. The lowest BCUT2D eigenvalue weighted by atomic mass is 10.1. The average Bonchev–Trinajstić information content (AvgIpc) is 3.51. The molecule has 0 spiro atoms. The first-order chi connectivity index (χ1) is 14.1. The molecule has 11 heteroatoms. The van der Waals surface area contributed by atoms with Gasteiger partial charge in [0, 0.05) is 17.7 Å². The van der Waals surface area contributed by atoms with Crippen molar-refractivity contribution in [3.63, 3.8) is 0 Å². The molecular formula is C19H20F3N5O3. The normalized spacial score (nSPS) is 14.7. The Kier molecular flexibility index (Phi) is 6.18. The van der Waals surface area contributed by atoms with E-state index in [-0.39, 0.29) is 23.4 Å². The van der Waals surface area contributed by atoms with E-state index >= 15 is 0 Å². The van der Waals surface area contributed by atoms with E-state index in [0.717, 1.165) is 24.5 Å². The molecule has 0 aliphatic heterocycles. The van der Waals surface area contributed by atoms with Gasteiger partial charge in [0.1, 0.15) is 5.82 Å². The van der Waals surface area contributed by atoms with Crippen molar-refractivity contribution < 1.29 is 27.5 Å². The van der Waals surface area contributed by atoms with Crippen LogP contribution in [0.25, 0.3) is 0 Å². The van der Waals surface area contributed by atoms with E-state index in [1.54, 1.807) is 26.0 Å². The Morgan fingerprint density at radius 3 is 2.57 bits per heavy atom. The maximum absolute atomic E-state index is 12.4. The third kappa shape index (κ3) is 6.13. The van der Waals surface area contributed by atoms with Crippen LogP contribution in [0, 0.1) is 12.8 Å². The predicted octanol–water partition coefficient (Wildman–Crippen LogP) is 2.96. The van der Waals surface area contributed by atoms with Crippen molar-refractivity contribution in [3.05, 3.63) is 41.2 Å². The number of anilines is 1. The van der Waals surface area contributed by atoms with Gasteiger partial charge in [0.15, 0.2) is 12.3 Å². The third-order valence-corrected chi connectivity index (χ3v) is 4.28. The number of alkyl halides is 3. The van der Waals surface area contributed by atoms with E-state index in [2.05, 4.69) is 30.6 Å². The summed E-state index contributed by atoms with van der Waals surface area (Å²) in [6, 6.07) is 5.37. The van der Waals surface area contributed by atoms with Crippen LogP contribution >= 0.6 is 0 Å². The molecule has 2 heterocycles. The molecular weight excluding hydrogens is 403 g/mol. The second kappa shape index (κ2) is 8.64. The second-order valence-electron chi connectivity index (χ2n) is 7.05. The fourth-order valence-electron chi connectivity index (χ4n) is 2.61. The number of halogens is 3. The molecule has 160 valence electrons. The van der Waals surface area contributed by atoms with E-state index in [1.807, 2.05) is 0 Å². The molecule has 1 atom stereocenters. The number of hydrogen-bond acceptors (Lipinski definition) is 6. The molecule has 0 bridgehead atoms. The smallest absolute Gasteiger partial charge is 0.422 e. The largest absolute Gasteiger partial charge is 0.467 e. The molecule has 8 nitrogen and oxygen atoms in total. The maximum Gasteiger partial charge on any atom is 0.422 e. The number of hydrogen-bond donors (Lipinski definition) is 2. The fourth-order valence-corrected chi connectivity index (χ4v) is 2.61. The van der Waals surface area contributed by atoms with Crippen molar-refractivity contribution in [2.45, 2.75) is 38.9 Å². The first-order valence-electron chi connectivity index (χ1n) is 9.24. The van der Waals surface area contributed by atoms with Crippen molar-refractivity contribution >= 4 is 17.6 Å². The van der Waals surface area contributed by atoms with E-state index in [1.165, 1.54) is 6.07 Å². The molecule has 0 saturated heterocycles. The number of pyridine rings is 1. The monoisotopic (exact) mass is 423 g/mol. The first kappa shape index (κ1) is 21.5. The average molecular weight is 423 g/mol. The van der Waals surface area contributed by atoms with Crippen LogP contribution in [0.4, 0.5) is 19.0 Å². The molecule has 1 fully saturated rings. The minimum absolute atomic E-state index is 0.0366. The zero-order chi connectivity index (χ0) is 21.9. The Bertz CT molecular complexity index is 930. The number of carbonyl (C=O) groups is 2. The predicted molar refractivity (Wildman–Crippen MR) is 99.8 cm³/mol. The van der Waals surface area contributed by atoms with Gasteiger partial charge in [0.25, 0.3) is 5.91 Å². The van der Waals surface area contributed by atoms with Gasteiger partial charge in [-0.2, -0.15) is 13.2 Å². The summed E-state index contributed by atoms with van der Waals surface area (Å²) in [6.45, 7) is 2.02. The molecule has 0 aromatic carbocycles. The Morgan fingerprint density at radius 1 is 1.23 bits per heavy atom. The lowest BCUT2D eigenvalue weighted by Gasteiger charge is -2.16. The summed E-state index contributed by atoms with van der Waals surface area (Å²) >= 11 is 0. The first-order valence-corrected chi connectivity index (χ1v) is 9.24. The topological polar surface area (TPSA) is 106 Å². The van der Waals surface area contributed by atoms with Crippen molar-refractivity contribution in [2.75, 3.05) is 11.9 Å². The van der Waals surface area contributed by atoms with Gasteiger partial charge in [-0.3, -0.25) is 9.59 Å². The molecule has 0 radical (unpaired) electrons. The molecule has 2 amide bonds. The van der Waals surface area contributed by atoms with E-state index in [0.29, 0.717) is 11.5 Å². The van der Waals surface area contributed by atoms with E-state index in [9.17, 15) is 22.8 Å². The van der Waals surface area contributed by atoms with Crippen molar-refractivity contribution in [1.82, 2.24) is 20.5 Å². The Hall–Kier alpha value is -3.24. The van der Waals surface area contributed by atoms with Crippen LogP contribution in [0.1, 0.15) is 47.6 Å². The Labute approximate surface area is 170 Å². The van der Waals surface area contributed by atoms with Crippen LogP contribution in [0.15, 0.2) is 24.3 Å². The highest BCUT2D eigenvalue weighted by Crippen LogP contribution is 2.30. The van der Waals surface area contributed by atoms with Crippen LogP contribution in [-0.4, -0.2) is 39.8 Å². The van der Waals surface area contributed by atoms with Crippen LogP contribution in [-0.2, 0) is 4.79 Å². The fraction of sp³-hybridized carbons (Fsp3) is 0.421. The Morgan fingerprint density at radius 2 is 1.97 bits per heavy atom. The maximum atomic E-state index is 12.4. The number of aryl methyl sites for hydroxylation is 1. The molecule has 1 aliphatic rings. The number of aromatic nitrogens is 3. The highest BCUT2D eigenvalue weighted by molar-refractivity contribution is 5.93. The number of carbonyl (C=O) groups excluding carboxylic acids is 2. The highest BCUT2D eigenvalue weighted by atomic mass is 19.4. The summed E-state index contributed by atoms with van der Waals surface area (Å²) in [5, 5.41) is 12.6. The molecule has 3 rings (SSSR count). The third-order valence-electron chi connectivity index (χ3n) is 4.28. The van der Waals surface area contributed by atoms with Gasteiger partial charge < -0.3 is 15.4 Å². The summed E-state index contributed by atoms with van der Waals surface area (Å²) in [5.74, 6) is -0.518. The number of nitrogens with zero attached hydrogens (tertiary/aromatic N) is 3. The zero-order valence-electron chi connectivity index (χ0n) is 16.3. The van der Waals surface area contributed by atoms with E-state index in [4.69, 9.17) is 0 Å². The number of rotatable bonds is 7. The summed E-state index contributed by atoms with van der Waals surface area (Å²) in [7, 11) is 0. The number of ether oxygens (including phenoxy) is 1. The van der Waals surface area contributed by atoms with Gasteiger partial charge in [0.2, 0.25) is 11.8 Å². The number of nitrogens with one attached hydrogen (secondary N) is 2. The lowest BCUT2D eigenvalue weighted by molar-refractivity contribution is -0.154. The zero-order valence-corrected chi connectivity index (χ0v) is 16.3. The summed E-state index contributed by atoms with van der Waals surface area (Å²) in [4.78, 5) is 28.6. The van der Waals surface area contributed by atoms with Gasteiger partial charge in [-0.1, -0.05) is 0 Å². The van der Waals surface area contributed by atoms with Crippen molar-refractivity contribution in [1.29, 1.82) is 0 Å². The SMILES string of the molecule is Cc1cc(C(C)NC(=O)c2ccc(OCC(F)(F)F)nn2)cc(NC(=O)C2CC2)n1. The highest BCUT2D eigenvalue weighted by Gasteiger charge is 2.30. The van der Waals surface area contributed by atoms with Crippen LogP contribution in [0.2, 0.25) is 0 Å². The molecule has 1 unspecified atom stereocenters. The molecule has 1 aliphatic carbocycles. The quantitative estimate of drug-likeness (QED) is 0.709. The second-order valence-corrected chi connectivity index (χ2v) is 7.05. The lowest BCUT2D eigenvalue weighted by Crippen LogP contribution is -2.28. The molecule has 30 heavy (non-hydrogen) atoms. The van der Waals surface area contributed by atoms with Crippen molar-refractivity contribution in [3.8, 4) is 5.88 Å².